The van der Waals surface area contributed by atoms with Gasteiger partial charge in [-0.3, -0.25) is 0 Å². The topological polar surface area (TPSA) is 46.2 Å². The van der Waals surface area contributed by atoms with E-state index in [9.17, 15) is 8.42 Å². The Morgan fingerprint density at radius 2 is 2.20 bits per heavy atom. The van der Waals surface area contributed by atoms with Gasteiger partial charge in [0.1, 0.15) is 9.84 Å². The van der Waals surface area contributed by atoms with E-state index in [1.54, 1.807) is 0 Å². The summed E-state index contributed by atoms with van der Waals surface area (Å²) in [5.74, 6) is 3.89. The lowest BCUT2D eigenvalue weighted by molar-refractivity contribution is 0.562. The molecule has 1 saturated heterocycles. The molecule has 90 valence electrons. The first kappa shape index (κ1) is 13.7. The van der Waals surface area contributed by atoms with Crippen molar-refractivity contribution in [3.8, 4) is 0 Å². The number of sulfone groups is 1. The van der Waals surface area contributed by atoms with Crippen LogP contribution < -0.4 is 5.32 Å². The molecule has 0 aromatic carbocycles. The van der Waals surface area contributed by atoms with Crippen LogP contribution in [0.15, 0.2) is 0 Å². The average Bonchev–Trinajstić information content (AvgIpc) is 2.14. The number of rotatable bonds is 5. The van der Waals surface area contributed by atoms with Crippen molar-refractivity contribution in [3.63, 3.8) is 0 Å². The second-order valence-electron chi connectivity index (χ2n) is 3.97. The van der Waals surface area contributed by atoms with Crippen molar-refractivity contribution in [3.05, 3.63) is 0 Å². The van der Waals surface area contributed by atoms with Gasteiger partial charge in [-0.2, -0.15) is 23.5 Å². The summed E-state index contributed by atoms with van der Waals surface area (Å²) in [7, 11) is -2.85. The molecule has 0 radical (unpaired) electrons. The average molecular weight is 269 g/mol. The molecule has 0 aliphatic carbocycles. The summed E-state index contributed by atoms with van der Waals surface area (Å²) < 4.78 is 22.1. The van der Waals surface area contributed by atoms with E-state index in [0.717, 1.165) is 6.54 Å². The molecular weight excluding hydrogens is 250 g/mol. The van der Waals surface area contributed by atoms with Crippen LogP contribution in [0.3, 0.4) is 0 Å². The predicted octanol–water partition coefficient (Wildman–Crippen LogP) is 0.858. The Bertz CT molecular complexity index is 273. The highest BCUT2D eigenvalue weighted by molar-refractivity contribution is 8.06. The number of thioether (sulfide) groups is 2. The summed E-state index contributed by atoms with van der Waals surface area (Å²) in [4.78, 5) is 0. The molecule has 0 aromatic heterocycles. The Balaban J connectivity index is 2.18. The van der Waals surface area contributed by atoms with Crippen LogP contribution in [0.2, 0.25) is 0 Å². The van der Waals surface area contributed by atoms with E-state index < -0.39 is 9.84 Å². The van der Waals surface area contributed by atoms with Crippen LogP contribution in [0.4, 0.5) is 0 Å². The Hall–Kier alpha value is 0.610. The van der Waals surface area contributed by atoms with Gasteiger partial charge in [0, 0.05) is 41.4 Å². The third kappa shape index (κ3) is 6.71. The fourth-order valence-electron chi connectivity index (χ4n) is 1.50. The zero-order chi connectivity index (χ0) is 11.3. The standard InChI is InChI=1S/C9H19NO2S3/c1-8(7-15(2,11)12)10-5-9-6-13-3-4-14-9/h8-10H,3-7H2,1-2H3. The molecule has 2 atom stereocenters. The van der Waals surface area contributed by atoms with E-state index in [1.165, 1.54) is 23.5 Å². The molecular formula is C9H19NO2S3. The summed E-state index contributed by atoms with van der Waals surface area (Å²) in [5, 5.41) is 3.94. The number of hydrogen-bond acceptors (Lipinski definition) is 5. The maximum atomic E-state index is 11.0. The SMILES string of the molecule is CC(CS(C)(=O)=O)NCC1CSCCS1. The van der Waals surface area contributed by atoms with Crippen molar-refractivity contribution in [2.24, 2.45) is 0 Å². The van der Waals surface area contributed by atoms with Crippen LogP contribution in [-0.2, 0) is 9.84 Å². The van der Waals surface area contributed by atoms with Crippen LogP contribution in [0.5, 0.6) is 0 Å². The molecule has 1 fully saturated rings. The molecule has 1 rings (SSSR count). The van der Waals surface area contributed by atoms with Crippen LogP contribution in [0.25, 0.3) is 0 Å². The molecule has 1 N–H and O–H groups in total. The molecule has 0 aromatic rings. The molecule has 3 nitrogen and oxygen atoms in total. The fourth-order valence-corrected chi connectivity index (χ4v) is 5.15. The summed E-state index contributed by atoms with van der Waals surface area (Å²) in [5.41, 5.74) is 0. The van der Waals surface area contributed by atoms with Crippen molar-refractivity contribution >= 4 is 33.4 Å². The summed E-state index contributed by atoms with van der Waals surface area (Å²) in [6.45, 7) is 2.86. The number of nitrogens with one attached hydrogen (secondary N) is 1. The minimum atomic E-state index is -2.85. The zero-order valence-corrected chi connectivity index (χ0v) is 11.7. The Morgan fingerprint density at radius 3 is 2.73 bits per heavy atom. The molecule has 0 bridgehead atoms. The van der Waals surface area contributed by atoms with Gasteiger partial charge in [0.2, 0.25) is 0 Å². The van der Waals surface area contributed by atoms with Crippen LogP contribution >= 0.6 is 23.5 Å². The Labute approximate surface area is 101 Å². The molecule has 0 amide bonds. The lowest BCUT2D eigenvalue weighted by Gasteiger charge is -2.23. The fraction of sp³-hybridized carbons (Fsp3) is 1.00. The molecule has 0 saturated carbocycles. The third-order valence-corrected chi connectivity index (χ3v) is 6.08. The lowest BCUT2D eigenvalue weighted by atomic mass is 10.3. The van der Waals surface area contributed by atoms with Crippen molar-refractivity contribution < 1.29 is 8.42 Å². The summed E-state index contributed by atoms with van der Waals surface area (Å²) in [6, 6.07) is 0.0625. The van der Waals surface area contributed by atoms with E-state index in [4.69, 9.17) is 0 Å². The van der Waals surface area contributed by atoms with Gasteiger partial charge < -0.3 is 5.32 Å². The summed E-state index contributed by atoms with van der Waals surface area (Å²) >= 11 is 3.98. The molecule has 1 aliphatic rings. The van der Waals surface area contributed by atoms with Crippen LogP contribution in [-0.4, -0.2) is 55.5 Å². The first-order valence-corrected chi connectivity index (χ1v) is 9.34. The highest BCUT2D eigenvalue weighted by Gasteiger charge is 2.16. The van der Waals surface area contributed by atoms with Crippen molar-refractivity contribution in [1.29, 1.82) is 0 Å². The van der Waals surface area contributed by atoms with E-state index in [-0.39, 0.29) is 11.8 Å². The predicted molar refractivity (Wildman–Crippen MR) is 70.7 cm³/mol. The second-order valence-corrected chi connectivity index (χ2v) is 8.71. The molecule has 2 unspecified atom stereocenters. The molecule has 6 heteroatoms. The van der Waals surface area contributed by atoms with Crippen molar-refractivity contribution in [2.45, 2.75) is 18.2 Å². The van der Waals surface area contributed by atoms with E-state index in [0.29, 0.717) is 5.25 Å². The van der Waals surface area contributed by atoms with Gasteiger partial charge in [-0.25, -0.2) is 8.42 Å². The zero-order valence-electron chi connectivity index (χ0n) is 9.23. The van der Waals surface area contributed by atoms with Crippen molar-refractivity contribution in [1.82, 2.24) is 5.32 Å². The maximum Gasteiger partial charge on any atom is 0.148 e. The minimum Gasteiger partial charge on any atom is -0.312 e. The highest BCUT2D eigenvalue weighted by Crippen LogP contribution is 2.23. The van der Waals surface area contributed by atoms with Crippen LogP contribution in [0.1, 0.15) is 6.92 Å². The van der Waals surface area contributed by atoms with Gasteiger partial charge in [0.25, 0.3) is 0 Å². The van der Waals surface area contributed by atoms with Gasteiger partial charge in [-0.1, -0.05) is 0 Å². The van der Waals surface area contributed by atoms with Gasteiger partial charge in [0.15, 0.2) is 0 Å². The van der Waals surface area contributed by atoms with Gasteiger partial charge in [-0.05, 0) is 6.92 Å². The molecule has 0 spiro atoms. The van der Waals surface area contributed by atoms with E-state index in [1.807, 2.05) is 30.4 Å². The van der Waals surface area contributed by atoms with Gasteiger partial charge >= 0.3 is 0 Å². The monoisotopic (exact) mass is 269 g/mol. The maximum absolute atomic E-state index is 11.0. The quantitative estimate of drug-likeness (QED) is 0.802. The first-order chi connectivity index (χ1) is 6.97. The Morgan fingerprint density at radius 1 is 1.47 bits per heavy atom. The largest absolute Gasteiger partial charge is 0.312 e. The molecule has 1 aliphatic heterocycles. The minimum absolute atomic E-state index is 0.0625. The van der Waals surface area contributed by atoms with Crippen molar-refractivity contribution in [2.75, 3.05) is 35.8 Å². The smallest absolute Gasteiger partial charge is 0.148 e. The molecule has 15 heavy (non-hydrogen) atoms. The van der Waals surface area contributed by atoms with E-state index >= 15 is 0 Å². The van der Waals surface area contributed by atoms with E-state index in [2.05, 4.69) is 5.32 Å². The highest BCUT2D eigenvalue weighted by atomic mass is 32.2. The lowest BCUT2D eigenvalue weighted by Crippen LogP contribution is -2.38. The summed E-state index contributed by atoms with van der Waals surface area (Å²) in [6.07, 6.45) is 1.29. The third-order valence-electron chi connectivity index (χ3n) is 2.13. The van der Waals surface area contributed by atoms with Gasteiger partial charge in [-0.15, -0.1) is 0 Å². The first-order valence-electron chi connectivity index (χ1n) is 5.08. The second kappa shape index (κ2) is 6.37. The normalized spacial score (nSPS) is 25.1. The molecule has 1 heterocycles. The Kier molecular flexibility index (Phi) is 5.81. The van der Waals surface area contributed by atoms with Gasteiger partial charge in [0.05, 0.1) is 5.75 Å². The van der Waals surface area contributed by atoms with Crippen LogP contribution in [0, 0.1) is 0 Å². The number of hydrogen-bond donors (Lipinski definition) is 1.